The summed E-state index contributed by atoms with van der Waals surface area (Å²) in [6.07, 6.45) is 1.43. The molecule has 0 aliphatic rings. The molecule has 30 heavy (non-hydrogen) atoms. The van der Waals surface area contributed by atoms with Crippen molar-refractivity contribution >= 4 is 18.0 Å². The Hall–Kier alpha value is -2.61. The molecule has 2 N–H and O–H groups in total. The summed E-state index contributed by atoms with van der Waals surface area (Å²) in [5.74, 6) is -0.374. The fourth-order valence-electron chi connectivity index (χ4n) is 2.38. The first kappa shape index (κ1) is 25.4. The van der Waals surface area contributed by atoms with Crippen LogP contribution in [0.3, 0.4) is 0 Å². The molecule has 168 valence electrons. The summed E-state index contributed by atoms with van der Waals surface area (Å²) in [7, 11) is 0. The Labute approximate surface area is 178 Å². The summed E-state index contributed by atoms with van der Waals surface area (Å²) >= 11 is 0. The molecule has 8 heteroatoms. The molecule has 1 rings (SSSR count). The number of amides is 2. The number of esters is 1. The Bertz CT molecular complexity index is 643. The number of carbonyl (C=O) groups is 3. The first-order valence-electron chi connectivity index (χ1n) is 10.3. The van der Waals surface area contributed by atoms with Crippen molar-refractivity contribution in [3.63, 3.8) is 0 Å². The Morgan fingerprint density at radius 2 is 1.63 bits per heavy atom. The molecule has 0 aliphatic heterocycles. The van der Waals surface area contributed by atoms with Crippen molar-refractivity contribution in [1.82, 2.24) is 10.6 Å². The van der Waals surface area contributed by atoms with Crippen molar-refractivity contribution in [2.45, 2.75) is 58.7 Å². The minimum absolute atomic E-state index is 0.0719. The van der Waals surface area contributed by atoms with Gasteiger partial charge in [0.15, 0.2) is 0 Å². The summed E-state index contributed by atoms with van der Waals surface area (Å²) in [6, 6.07) is 9.45. The summed E-state index contributed by atoms with van der Waals surface area (Å²) in [5, 5.41) is 5.42. The van der Waals surface area contributed by atoms with Crippen LogP contribution in [-0.4, -0.2) is 49.9 Å². The molecule has 0 aromatic heterocycles. The second-order valence-corrected chi connectivity index (χ2v) is 7.74. The van der Waals surface area contributed by atoms with Crippen LogP contribution >= 0.6 is 0 Å². The lowest BCUT2D eigenvalue weighted by Crippen LogP contribution is -2.28. The number of rotatable bonds is 13. The molecule has 0 heterocycles. The van der Waals surface area contributed by atoms with E-state index in [4.69, 9.17) is 14.2 Å². The van der Waals surface area contributed by atoms with Gasteiger partial charge in [-0.1, -0.05) is 30.3 Å². The Morgan fingerprint density at radius 1 is 0.900 bits per heavy atom. The number of carbonyl (C=O) groups excluding carboxylic acids is 3. The summed E-state index contributed by atoms with van der Waals surface area (Å²) in [6.45, 7) is 7.11. The van der Waals surface area contributed by atoms with Gasteiger partial charge in [0.05, 0.1) is 19.6 Å². The standard InChI is InChI=1S/C22H34N2O6/c1-22(2,3)30-20(26)12-15-28-16-14-23-19(25)11-7-8-13-24-21(27)29-17-18-9-5-4-6-10-18/h4-6,9-10H,7-8,11-17H2,1-3H3,(H,23,25)(H,24,27). The predicted molar refractivity (Wildman–Crippen MR) is 113 cm³/mol. The lowest BCUT2D eigenvalue weighted by atomic mass is 10.2. The van der Waals surface area contributed by atoms with Crippen molar-refractivity contribution in [3.05, 3.63) is 35.9 Å². The third-order valence-corrected chi connectivity index (χ3v) is 3.75. The minimum Gasteiger partial charge on any atom is -0.460 e. The van der Waals surface area contributed by atoms with Gasteiger partial charge in [0.1, 0.15) is 12.2 Å². The highest BCUT2D eigenvalue weighted by Crippen LogP contribution is 2.08. The topological polar surface area (TPSA) is 103 Å². The van der Waals surface area contributed by atoms with E-state index < -0.39 is 11.7 Å². The highest BCUT2D eigenvalue weighted by Gasteiger charge is 2.15. The maximum absolute atomic E-state index is 11.7. The smallest absolute Gasteiger partial charge is 0.407 e. The molecule has 0 fully saturated rings. The zero-order valence-corrected chi connectivity index (χ0v) is 18.2. The van der Waals surface area contributed by atoms with Gasteiger partial charge in [0.2, 0.25) is 5.91 Å². The van der Waals surface area contributed by atoms with Gasteiger partial charge in [0.25, 0.3) is 0 Å². The van der Waals surface area contributed by atoms with E-state index in [1.807, 2.05) is 51.1 Å². The fourth-order valence-corrected chi connectivity index (χ4v) is 2.38. The average molecular weight is 423 g/mol. The Morgan fingerprint density at radius 3 is 2.33 bits per heavy atom. The molecule has 8 nitrogen and oxygen atoms in total. The summed E-state index contributed by atoms with van der Waals surface area (Å²) in [4.78, 5) is 34.8. The van der Waals surface area contributed by atoms with Gasteiger partial charge in [-0.2, -0.15) is 0 Å². The zero-order valence-electron chi connectivity index (χ0n) is 18.2. The first-order valence-corrected chi connectivity index (χ1v) is 10.3. The van der Waals surface area contributed by atoms with Gasteiger partial charge in [-0.3, -0.25) is 9.59 Å². The monoisotopic (exact) mass is 422 g/mol. The maximum Gasteiger partial charge on any atom is 0.407 e. The van der Waals surface area contributed by atoms with E-state index in [1.165, 1.54) is 0 Å². The molecule has 0 aliphatic carbocycles. The van der Waals surface area contributed by atoms with Gasteiger partial charge >= 0.3 is 12.1 Å². The number of hydrogen-bond acceptors (Lipinski definition) is 6. The lowest BCUT2D eigenvalue weighted by Gasteiger charge is -2.19. The molecule has 0 radical (unpaired) electrons. The SMILES string of the molecule is CC(C)(C)OC(=O)CCOCCNC(=O)CCCCNC(=O)OCc1ccccc1. The van der Waals surface area contributed by atoms with Crippen LogP contribution in [0.2, 0.25) is 0 Å². The molecule has 0 saturated heterocycles. The number of alkyl carbamates (subject to hydrolysis) is 1. The number of ether oxygens (including phenoxy) is 3. The van der Waals surface area contributed by atoms with Crippen molar-refractivity contribution in [2.75, 3.05) is 26.3 Å². The quantitative estimate of drug-likeness (QED) is 0.374. The van der Waals surface area contributed by atoms with Crippen LogP contribution in [-0.2, 0) is 30.4 Å². The molecule has 0 saturated carbocycles. The highest BCUT2D eigenvalue weighted by atomic mass is 16.6. The van der Waals surface area contributed by atoms with E-state index in [0.29, 0.717) is 39.0 Å². The van der Waals surface area contributed by atoms with Gasteiger partial charge in [-0.05, 0) is 39.2 Å². The van der Waals surface area contributed by atoms with Crippen molar-refractivity contribution in [1.29, 1.82) is 0 Å². The van der Waals surface area contributed by atoms with Crippen LogP contribution < -0.4 is 10.6 Å². The summed E-state index contributed by atoms with van der Waals surface area (Å²) in [5.41, 5.74) is 0.432. The van der Waals surface area contributed by atoms with Crippen molar-refractivity contribution < 1.29 is 28.6 Å². The normalized spacial score (nSPS) is 10.9. The van der Waals surface area contributed by atoms with Crippen LogP contribution in [0.1, 0.15) is 52.0 Å². The first-order chi connectivity index (χ1) is 14.3. The molecule has 0 spiro atoms. The third kappa shape index (κ3) is 14.4. The fraction of sp³-hybridized carbons (Fsp3) is 0.591. The molecule has 0 bridgehead atoms. The average Bonchev–Trinajstić information content (AvgIpc) is 2.68. The zero-order chi connectivity index (χ0) is 22.2. The van der Waals surface area contributed by atoms with E-state index in [0.717, 1.165) is 5.56 Å². The largest absolute Gasteiger partial charge is 0.460 e. The van der Waals surface area contributed by atoms with Crippen LogP contribution in [0.4, 0.5) is 4.79 Å². The van der Waals surface area contributed by atoms with Gasteiger partial charge in [-0.25, -0.2) is 4.79 Å². The second kappa shape index (κ2) is 14.4. The van der Waals surface area contributed by atoms with Crippen molar-refractivity contribution in [2.24, 2.45) is 0 Å². The van der Waals surface area contributed by atoms with Gasteiger partial charge in [0, 0.05) is 19.5 Å². The molecular formula is C22H34N2O6. The van der Waals surface area contributed by atoms with E-state index in [1.54, 1.807) is 0 Å². The minimum atomic E-state index is -0.497. The lowest BCUT2D eigenvalue weighted by molar-refractivity contribution is -0.156. The van der Waals surface area contributed by atoms with E-state index in [-0.39, 0.29) is 31.5 Å². The molecule has 1 aromatic carbocycles. The van der Waals surface area contributed by atoms with Crippen LogP contribution in [0.25, 0.3) is 0 Å². The number of hydrogen-bond donors (Lipinski definition) is 2. The van der Waals surface area contributed by atoms with Crippen molar-refractivity contribution in [3.8, 4) is 0 Å². The van der Waals surface area contributed by atoms with Crippen LogP contribution in [0, 0.1) is 0 Å². The van der Waals surface area contributed by atoms with Crippen LogP contribution in [0.5, 0.6) is 0 Å². The predicted octanol–water partition coefficient (Wildman–Crippen LogP) is 2.95. The molecule has 2 amide bonds. The second-order valence-electron chi connectivity index (χ2n) is 7.74. The van der Waals surface area contributed by atoms with E-state index in [9.17, 15) is 14.4 Å². The molecular weight excluding hydrogens is 388 g/mol. The van der Waals surface area contributed by atoms with E-state index >= 15 is 0 Å². The van der Waals surface area contributed by atoms with Crippen LogP contribution in [0.15, 0.2) is 30.3 Å². The number of benzene rings is 1. The van der Waals surface area contributed by atoms with Gasteiger partial charge in [-0.15, -0.1) is 0 Å². The maximum atomic E-state index is 11.7. The number of unbranched alkanes of at least 4 members (excludes halogenated alkanes) is 1. The molecule has 1 aromatic rings. The molecule has 0 atom stereocenters. The molecule has 0 unspecified atom stereocenters. The Balaban J connectivity index is 1.92. The summed E-state index contributed by atoms with van der Waals surface area (Å²) < 4.78 is 15.6. The number of nitrogens with one attached hydrogen (secondary N) is 2. The Kier molecular flexibility index (Phi) is 12.2. The van der Waals surface area contributed by atoms with E-state index in [2.05, 4.69) is 10.6 Å². The highest BCUT2D eigenvalue weighted by molar-refractivity contribution is 5.75. The third-order valence-electron chi connectivity index (χ3n) is 3.75. The van der Waals surface area contributed by atoms with Gasteiger partial charge < -0.3 is 24.8 Å².